The lowest BCUT2D eigenvalue weighted by Gasteiger charge is -2.30. The van der Waals surface area contributed by atoms with E-state index in [0.29, 0.717) is 17.7 Å². The van der Waals surface area contributed by atoms with Gasteiger partial charge in [-0.05, 0) is 54.5 Å². The number of amides is 1. The van der Waals surface area contributed by atoms with Crippen molar-refractivity contribution in [3.05, 3.63) is 70.3 Å². The molecule has 33 heavy (non-hydrogen) atoms. The third-order valence-corrected chi connectivity index (χ3v) is 5.32. The van der Waals surface area contributed by atoms with E-state index < -0.39 is 41.4 Å². The van der Waals surface area contributed by atoms with Crippen LogP contribution in [0.5, 0.6) is 0 Å². The minimum atomic E-state index is -5.06. The molecule has 3 rings (SSSR count). The zero-order valence-corrected chi connectivity index (χ0v) is 17.9. The van der Waals surface area contributed by atoms with Crippen molar-refractivity contribution in [2.45, 2.75) is 31.3 Å². The van der Waals surface area contributed by atoms with E-state index in [0.717, 1.165) is 12.1 Å². The molecule has 176 valence electrons. The van der Waals surface area contributed by atoms with Crippen LogP contribution in [0.15, 0.2) is 47.6 Å². The fraction of sp³-hybridized carbons (Fsp3) is 0.286. The Labute approximate surface area is 189 Å². The summed E-state index contributed by atoms with van der Waals surface area (Å²) in [6, 6.07) is 7.02. The number of halogens is 6. The van der Waals surface area contributed by atoms with Gasteiger partial charge in [0.2, 0.25) is 0 Å². The Balaban J connectivity index is 1.94. The van der Waals surface area contributed by atoms with Gasteiger partial charge in [-0.3, -0.25) is 10.1 Å². The van der Waals surface area contributed by atoms with Crippen LogP contribution in [0.25, 0.3) is 0 Å². The Bertz CT molecular complexity index is 1130. The smallest absolute Gasteiger partial charge is 0.435 e. The lowest BCUT2D eigenvalue weighted by Crippen LogP contribution is -2.42. The summed E-state index contributed by atoms with van der Waals surface area (Å²) in [5, 5.41) is 5.71. The molecule has 1 heterocycles. The summed E-state index contributed by atoms with van der Waals surface area (Å²) >= 11 is 4.76. The van der Waals surface area contributed by atoms with Crippen LogP contribution in [0, 0.1) is 6.92 Å². The monoisotopic (exact) mass is 490 g/mol. The standard InChI is InChI=1S/C21H16F6N2O3S/c1-11-8-12(6-7-15(11)17(30)28-18(33)31-2)16-10-19(32-29-16,21(25,26)27)13-4-3-5-14(9-13)20(22,23)24/h3-9H,10H2,1-2H3,(H,28,30,33). The summed E-state index contributed by atoms with van der Waals surface area (Å²) in [6.45, 7) is 1.55. The lowest BCUT2D eigenvalue weighted by molar-refractivity contribution is -0.276. The molecule has 0 fully saturated rings. The number of nitrogens with one attached hydrogen (secondary N) is 1. The summed E-state index contributed by atoms with van der Waals surface area (Å²) in [5.74, 6) is -0.580. The van der Waals surface area contributed by atoms with Gasteiger partial charge in [0.1, 0.15) is 0 Å². The first-order valence-electron chi connectivity index (χ1n) is 9.28. The number of rotatable bonds is 3. The van der Waals surface area contributed by atoms with Crippen molar-refractivity contribution in [3.63, 3.8) is 0 Å². The van der Waals surface area contributed by atoms with Crippen LogP contribution in [0.3, 0.4) is 0 Å². The summed E-state index contributed by atoms with van der Waals surface area (Å²) in [5.41, 5.74) is -4.36. The average molecular weight is 490 g/mol. The van der Waals surface area contributed by atoms with Crippen LogP contribution in [0.4, 0.5) is 26.3 Å². The van der Waals surface area contributed by atoms with Crippen LogP contribution in [0.2, 0.25) is 0 Å². The van der Waals surface area contributed by atoms with Crippen LogP contribution in [-0.2, 0) is 21.4 Å². The van der Waals surface area contributed by atoms with Crippen molar-refractivity contribution in [2.24, 2.45) is 5.16 Å². The Morgan fingerprint density at radius 2 is 1.85 bits per heavy atom. The highest BCUT2D eigenvalue weighted by Gasteiger charge is 2.62. The molecule has 5 nitrogen and oxygen atoms in total. The number of nitrogens with zero attached hydrogens (tertiary/aromatic N) is 1. The summed E-state index contributed by atoms with van der Waals surface area (Å²) < 4.78 is 86.1. The zero-order valence-electron chi connectivity index (χ0n) is 17.1. The molecular formula is C21H16F6N2O3S. The van der Waals surface area contributed by atoms with Gasteiger partial charge in [-0.2, -0.15) is 26.3 Å². The molecule has 0 saturated heterocycles. The molecule has 1 amide bonds. The molecule has 0 radical (unpaired) electrons. The number of thiocarbonyl (C=S) groups is 1. The van der Waals surface area contributed by atoms with Gasteiger partial charge >= 0.3 is 12.4 Å². The van der Waals surface area contributed by atoms with Crippen molar-refractivity contribution in [1.82, 2.24) is 5.32 Å². The third kappa shape index (κ3) is 4.80. The molecule has 0 saturated carbocycles. The Morgan fingerprint density at radius 1 is 1.15 bits per heavy atom. The summed E-state index contributed by atoms with van der Waals surface area (Å²) in [7, 11) is 1.27. The highest BCUT2D eigenvalue weighted by Crippen LogP contribution is 2.49. The second-order valence-corrected chi connectivity index (χ2v) is 7.56. The molecule has 1 atom stereocenters. The number of carbonyl (C=O) groups excluding carboxylic acids is 1. The maximum absolute atomic E-state index is 14.1. The predicted octanol–water partition coefficient (Wildman–Crippen LogP) is 5.26. The number of carbonyl (C=O) groups is 1. The Hall–Kier alpha value is -3.15. The predicted molar refractivity (Wildman–Crippen MR) is 110 cm³/mol. The van der Waals surface area contributed by atoms with E-state index in [1.807, 2.05) is 0 Å². The van der Waals surface area contributed by atoms with Gasteiger partial charge in [-0.15, -0.1) is 0 Å². The van der Waals surface area contributed by atoms with Crippen molar-refractivity contribution < 1.29 is 40.7 Å². The highest BCUT2D eigenvalue weighted by molar-refractivity contribution is 7.80. The van der Waals surface area contributed by atoms with Crippen molar-refractivity contribution in [2.75, 3.05) is 7.11 Å². The number of ether oxygens (including phenoxy) is 1. The first-order valence-corrected chi connectivity index (χ1v) is 9.69. The fourth-order valence-corrected chi connectivity index (χ4v) is 3.41. The zero-order chi connectivity index (χ0) is 24.6. The molecule has 1 aliphatic rings. The topological polar surface area (TPSA) is 59.9 Å². The van der Waals surface area contributed by atoms with E-state index >= 15 is 0 Å². The molecule has 0 bridgehead atoms. The summed E-state index contributed by atoms with van der Waals surface area (Å²) in [6.07, 6.45) is -10.7. The molecule has 1 N–H and O–H groups in total. The third-order valence-electron chi connectivity index (χ3n) is 5.05. The SMILES string of the molecule is COC(=S)NC(=O)c1ccc(C2=NOC(c3cccc(C(F)(F)F)c3)(C(F)(F)F)C2)cc1C. The van der Waals surface area contributed by atoms with Crippen molar-refractivity contribution in [1.29, 1.82) is 0 Å². The van der Waals surface area contributed by atoms with Gasteiger partial charge < -0.3 is 9.57 Å². The Kier molecular flexibility index (Phi) is 6.42. The van der Waals surface area contributed by atoms with E-state index in [9.17, 15) is 31.1 Å². The van der Waals surface area contributed by atoms with E-state index in [1.54, 1.807) is 6.92 Å². The largest absolute Gasteiger partial charge is 0.474 e. The number of hydrogen-bond donors (Lipinski definition) is 1. The maximum atomic E-state index is 14.1. The van der Waals surface area contributed by atoms with Crippen molar-refractivity contribution in [3.8, 4) is 0 Å². The number of aryl methyl sites for hydroxylation is 1. The molecule has 0 spiro atoms. The van der Waals surface area contributed by atoms with Gasteiger partial charge in [0.15, 0.2) is 0 Å². The molecule has 12 heteroatoms. The lowest BCUT2D eigenvalue weighted by atomic mass is 9.85. The van der Waals surface area contributed by atoms with Gasteiger partial charge in [0, 0.05) is 17.5 Å². The van der Waals surface area contributed by atoms with Gasteiger partial charge in [-0.25, -0.2) is 0 Å². The molecule has 1 aliphatic heterocycles. The maximum Gasteiger partial charge on any atom is 0.435 e. The van der Waals surface area contributed by atoms with Gasteiger partial charge in [-0.1, -0.05) is 23.4 Å². The second kappa shape index (κ2) is 8.65. The molecule has 2 aromatic carbocycles. The van der Waals surface area contributed by atoms with Crippen LogP contribution >= 0.6 is 12.2 Å². The molecule has 2 aromatic rings. The molecular weight excluding hydrogens is 474 g/mol. The number of oxime groups is 1. The van der Waals surface area contributed by atoms with E-state index in [-0.39, 0.29) is 22.0 Å². The normalized spacial score (nSPS) is 18.4. The molecule has 0 aromatic heterocycles. The minimum Gasteiger partial charge on any atom is -0.474 e. The van der Waals surface area contributed by atoms with E-state index in [1.165, 1.54) is 25.3 Å². The minimum absolute atomic E-state index is 0.132. The number of hydrogen-bond acceptors (Lipinski definition) is 5. The van der Waals surface area contributed by atoms with Crippen molar-refractivity contribution >= 4 is 29.0 Å². The quantitative estimate of drug-likeness (QED) is 0.471. The number of methoxy groups -OCH3 is 1. The molecule has 1 unspecified atom stereocenters. The van der Waals surface area contributed by atoms with Crippen LogP contribution in [-0.4, -0.2) is 30.1 Å². The van der Waals surface area contributed by atoms with E-state index in [2.05, 4.69) is 10.5 Å². The van der Waals surface area contributed by atoms with Gasteiger partial charge in [0.25, 0.3) is 16.7 Å². The Morgan fingerprint density at radius 3 is 2.42 bits per heavy atom. The average Bonchev–Trinajstić information content (AvgIpc) is 3.20. The van der Waals surface area contributed by atoms with Crippen LogP contribution < -0.4 is 5.32 Å². The second-order valence-electron chi connectivity index (χ2n) is 7.18. The fourth-order valence-electron chi connectivity index (χ4n) is 3.31. The van der Waals surface area contributed by atoms with Gasteiger partial charge in [0.05, 0.1) is 18.4 Å². The first-order chi connectivity index (χ1) is 15.3. The number of benzene rings is 2. The summed E-state index contributed by atoms with van der Waals surface area (Å²) in [4.78, 5) is 17.0. The van der Waals surface area contributed by atoms with Crippen LogP contribution in [0.1, 0.15) is 39.0 Å². The first kappa shape index (κ1) is 24.5. The number of alkyl halides is 6. The van der Waals surface area contributed by atoms with E-state index in [4.69, 9.17) is 21.8 Å². The molecule has 0 aliphatic carbocycles. The highest BCUT2D eigenvalue weighted by atomic mass is 32.1.